The van der Waals surface area contributed by atoms with E-state index < -0.39 is 0 Å². The maximum Gasteiger partial charge on any atom is 0.0908 e. The Labute approximate surface area is 61.0 Å². The summed E-state index contributed by atoms with van der Waals surface area (Å²) in [5, 5.41) is 1.03. The average Bonchev–Trinajstić information content (AvgIpc) is 1.90. The van der Waals surface area contributed by atoms with E-state index in [-0.39, 0.29) is 0 Å². The van der Waals surface area contributed by atoms with Gasteiger partial charge in [-0.25, -0.2) is 0 Å². The minimum absolute atomic E-state index is 1.03. The highest BCUT2D eigenvalue weighted by Gasteiger charge is 2.46. The minimum Gasteiger partial charge on any atom is -0.327 e. The Morgan fingerprint density at radius 3 is 2.33 bits per heavy atom. The highest BCUT2D eigenvalue weighted by molar-refractivity contribution is 8.01. The summed E-state index contributed by atoms with van der Waals surface area (Å²) in [7, 11) is 4.69. The van der Waals surface area contributed by atoms with Crippen LogP contribution in [0.5, 0.6) is 0 Å². The van der Waals surface area contributed by atoms with Crippen LogP contribution in [0.3, 0.4) is 0 Å². The molecule has 0 amide bonds. The number of nitrogens with zero attached hydrogens (tertiary/aromatic N) is 1. The van der Waals surface area contributed by atoms with Gasteiger partial charge in [0.15, 0.2) is 0 Å². The molecule has 1 nitrogen and oxygen atoms in total. The van der Waals surface area contributed by atoms with Gasteiger partial charge in [-0.3, -0.25) is 0 Å². The van der Waals surface area contributed by atoms with Crippen LogP contribution in [0.2, 0.25) is 0 Å². The number of hydrogen-bond acceptors (Lipinski definition) is 1. The molecular formula is C7H14NS+. The fraction of sp³-hybridized carbons (Fsp3) is 1.00. The van der Waals surface area contributed by atoms with Gasteiger partial charge in [-0.1, -0.05) is 0 Å². The Kier molecular flexibility index (Phi) is 1.12. The first-order valence-electron chi connectivity index (χ1n) is 3.61. The number of hydrogen-bond donors (Lipinski definition) is 0. The molecular weight excluding hydrogens is 130 g/mol. The molecule has 2 saturated heterocycles. The molecule has 0 bridgehead atoms. The molecule has 9 heavy (non-hydrogen) atoms. The van der Waals surface area contributed by atoms with E-state index in [1.54, 1.807) is 0 Å². The molecule has 2 heterocycles. The monoisotopic (exact) mass is 144 g/mol. The second-order valence-corrected chi connectivity index (χ2v) is 5.20. The normalized spacial score (nSPS) is 46.0. The maximum absolute atomic E-state index is 2.35. The highest BCUT2D eigenvalue weighted by Crippen LogP contribution is 2.41. The predicted octanol–water partition coefficient (Wildman–Crippen LogP) is 0.808. The summed E-state index contributed by atoms with van der Waals surface area (Å²) in [6, 6.07) is 0. The van der Waals surface area contributed by atoms with E-state index in [1.807, 2.05) is 0 Å². The van der Waals surface area contributed by atoms with E-state index in [2.05, 4.69) is 25.9 Å². The van der Waals surface area contributed by atoms with Crippen molar-refractivity contribution >= 4 is 11.8 Å². The van der Waals surface area contributed by atoms with Gasteiger partial charge in [0.25, 0.3) is 0 Å². The van der Waals surface area contributed by atoms with Crippen LogP contribution in [0.1, 0.15) is 0 Å². The van der Waals surface area contributed by atoms with Gasteiger partial charge in [0.2, 0.25) is 0 Å². The smallest absolute Gasteiger partial charge is 0.0908 e. The minimum atomic E-state index is 1.03. The number of fused-ring (bicyclic) bond motifs is 1. The largest absolute Gasteiger partial charge is 0.327 e. The standard InChI is InChI=1S/C7H14NS/c1-8(2)3-6-5-9-7(6)4-8/h6-7H,3-5H2,1-2H3/q+1. The zero-order valence-electron chi connectivity index (χ0n) is 6.13. The Hall–Kier alpha value is 0.310. The van der Waals surface area contributed by atoms with Gasteiger partial charge in [0.1, 0.15) is 0 Å². The van der Waals surface area contributed by atoms with Crippen molar-refractivity contribution in [3.8, 4) is 0 Å². The van der Waals surface area contributed by atoms with E-state index in [0.29, 0.717) is 0 Å². The first-order valence-corrected chi connectivity index (χ1v) is 4.66. The summed E-state index contributed by atoms with van der Waals surface area (Å²) in [5.74, 6) is 2.51. The van der Waals surface area contributed by atoms with Crippen molar-refractivity contribution in [1.29, 1.82) is 0 Å². The van der Waals surface area contributed by atoms with Crippen LogP contribution in [0, 0.1) is 5.92 Å². The summed E-state index contributed by atoms with van der Waals surface area (Å²) < 4.78 is 1.27. The van der Waals surface area contributed by atoms with E-state index in [0.717, 1.165) is 11.2 Å². The average molecular weight is 144 g/mol. The maximum atomic E-state index is 2.35. The molecule has 0 spiro atoms. The molecule has 2 unspecified atom stereocenters. The zero-order valence-corrected chi connectivity index (χ0v) is 6.95. The van der Waals surface area contributed by atoms with E-state index >= 15 is 0 Å². The quantitative estimate of drug-likeness (QED) is 0.453. The Morgan fingerprint density at radius 2 is 2.11 bits per heavy atom. The molecule has 2 aliphatic heterocycles. The van der Waals surface area contributed by atoms with Crippen LogP contribution >= 0.6 is 11.8 Å². The van der Waals surface area contributed by atoms with Crippen LogP contribution in [0.15, 0.2) is 0 Å². The number of likely N-dealkylation sites (tertiary alicyclic amines) is 1. The van der Waals surface area contributed by atoms with Crippen molar-refractivity contribution < 1.29 is 4.48 Å². The predicted molar refractivity (Wildman–Crippen MR) is 41.6 cm³/mol. The lowest BCUT2D eigenvalue weighted by Gasteiger charge is -2.24. The van der Waals surface area contributed by atoms with Crippen LogP contribution in [-0.4, -0.2) is 42.7 Å². The van der Waals surface area contributed by atoms with Crippen molar-refractivity contribution in [3.05, 3.63) is 0 Å². The highest BCUT2D eigenvalue weighted by atomic mass is 32.2. The summed E-state index contributed by atoms with van der Waals surface area (Å²) >= 11 is 2.16. The van der Waals surface area contributed by atoms with Crippen molar-refractivity contribution in [1.82, 2.24) is 0 Å². The molecule has 2 atom stereocenters. The van der Waals surface area contributed by atoms with Crippen molar-refractivity contribution in [2.24, 2.45) is 5.92 Å². The van der Waals surface area contributed by atoms with Gasteiger partial charge in [-0.15, -0.1) is 0 Å². The van der Waals surface area contributed by atoms with Crippen molar-refractivity contribution in [2.45, 2.75) is 5.25 Å². The van der Waals surface area contributed by atoms with Gasteiger partial charge in [-0.05, 0) is 0 Å². The molecule has 2 fully saturated rings. The lowest BCUT2D eigenvalue weighted by Crippen LogP contribution is -2.36. The molecule has 0 aliphatic carbocycles. The fourth-order valence-corrected chi connectivity index (χ4v) is 3.37. The first-order chi connectivity index (χ1) is 4.17. The van der Waals surface area contributed by atoms with E-state index in [1.165, 1.54) is 23.3 Å². The molecule has 0 N–H and O–H groups in total. The third-order valence-electron chi connectivity index (χ3n) is 2.45. The molecule has 2 heteroatoms. The van der Waals surface area contributed by atoms with Gasteiger partial charge in [0.05, 0.1) is 32.4 Å². The Balaban J connectivity index is 2.07. The molecule has 2 aliphatic rings. The van der Waals surface area contributed by atoms with Crippen molar-refractivity contribution in [3.63, 3.8) is 0 Å². The Morgan fingerprint density at radius 1 is 1.33 bits per heavy atom. The molecule has 0 saturated carbocycles. The third-order valence-corrected chi connectivity index (χ3v) is 4.04. The van der Waals surface area contributed by atoms with Gasteiger partial charge in [-0.2, -0.15) is 11.8 Å². The summed E-state index contributed by atoms with van der Waals surface area (Å²) in [6.45, 7) is 2.84. The molecule has 0 aromatic heterocycles. The second kappa shape index (κ2) is 1.67. The molecule has 2 rings (SSSR count). The van der Waals surface area contributed by atoms with Crippen LogP contribution in [-0.2, 0) is 0 Å². The topological polar surface area (TPSA) is 0 Å². The SMILES string of the molecule is C[N+]1(C)CC2CSC2C1. The lowest BCUT2D eigenvalue weighted by molar-refractivity contribution is -0.878. The van der Waals surface area contributed by atoms with Gasteiger partial charge >= 0.3 is 0 Å². The molecule has 52 valence electrons. The van der Waals surface area contributed by atoms with Gasteiger partial charge in [0, 0.05) is 11.7 Å². The van der Waals surface area contributed by atoms with Gasteiger partial charge < -0.3 is 4.48 Å². The Bertz CT molecular complexity index is 119. The summed E-state index contributed by atoms with van der Waals surface area (Å²) in [5.41, 5.74) is 0. The summed E-state index contributed by atoms with van der Waals surface area (Å²) in [6.07, 6.45) is 0. The third kappa shape index (κ3) is 0.887. The lowest BCUT2D eigenvalue weighted by atomic mass is 10.1. The number of rotatable bonds is 0. The van der Waals surface area contributed by atoms with E-state index in [9.17, 15) is 0 Å². The van der Waals surface area contributed by atoms with Crippen LogP contribution in [0.4, 0.5) is 0 Å². The number of thioether (sulfide) groups is 1. The van der Waals surface area contributed by atoms with Crippen molar-refractivity contribution in [2.75, 3.05) is 32.9 Å². The summed E-state index contributed by atoms with van der Waals surface area (Å²) in [4.78, 5) is 0. The van der Waals surface area contributed by atoms with E-state index in [4.69, 9.17) is 0 Å². The number of quaternary nitrogens is 1. The molecule has 0 aromatic rings. The zero-order chi connectivity index (χ0) is 6.48. The van der Waals surface area contributed by atoms with Crippen LogP contribution in [0.25, 0.3) is 0 Å². The first kappa shape index (κ1) is 6.05. The molecule has 0 aromatic carbocycles. The second-order valence-electron chi connectivity index (χ2n) is 3.93. The molecule has 0 radical (unpaired) electrons. The fourth-order valence-electron chi connectivity index (χ4n) is 1.94. The van der Waals surface area contributed by atoms with Crippen LogP contribution < -0.4 is 0 Å².